The lowest BCUT2D eigenvalue weighted by Crippen LogP contribution is -2.09. The van der Waals surface area contributed by atoms with E-state index < -0.39 is 12.6 Å². The second-order valence-electron chi connectivity index (χ2n) is 3.57. The third-order valence-electron chi connectivity index (χ3n) is 2.03. The number of rotatable bonds is 3. The van der Waals surface area contributed by atoms with Crippen LogP contribution in [0.1, 0.15) is 17.9 Å². The molecule has 2 heterocycles. The summed E-state index contributed by atoms with van der Waals surface area (Å²) in [5.74, 6) is 0.143. The van der Waals surface area contributed by atoms with Crippen LogP contribution in [0.5, 0.6) is 0 Å². The molecular formula is C9H9F3N4O. The standard InChI is InChI=1S/C9H9F3N4O/c1-5-4-6(15-14-5)8-13-7(16-17-8)2-3-9(10,11)12/h4H,2-3H2,1H3,(H,14,15). The van der Waals surface area contributed by atoms with E-state index in [2.05, 4.69) is 20.3 Å². The van der Waals surface area contributed by atoms with Crippen molar-refractivity contribution in [1.82, 2.24) is 20.3 Å². The number of hydrogen-bond acceptors (Lipinski definition) is 4. The molecule has 0 aromatic carbocycles. The molecule has 2 aromatic rings. The van der Waals surface area contributed by atoms with Crippen molar-refractivity contribution in [2.45, 2.75) is 25.9 Å². The predicted octanol–water partition coefficient (Wildman–Crippen LogP) is 2.26. The largest absolute Gasteiger partial charge is 0.389 e. The maximum Gasteiger partial charge on any atom is 0.389 e. The zero-order valence-corrected chi connectivity index (χ0v) is 8.88. The van der Waals surface area contributed by atoms with Crippen molar-refractivity contribution in [1.29, 1.82) is 0 Å². The fraction of sp³-hybridized carbons (Fsp3) is 0.444. The van der Waals surface area contributed by atoms with Crippen LogP contribution < -0.4 is 0 Å². The van der Waals surface area contributed by atoms with Gasteiger partial charge in [0.25, 0.3) is 5.89 Å². The maximum absolute atomic E-state index is 12.0. The molecule has 0 bridgehead atoms. The molecule has 1 N–H and O–H groups in total. The minimum absolute atomic E-state index is 0.0259. The number of H-pyrrole nitrogens is 1. The topological polar surface area (TPSA) is 67.6 Å². The minimum Gasteiger partial charge on any atom is -0.332 e. The molecule has 0 radical (unpaired) electrons. The Labute approximate surface area is 94.0 Å². The van der Waals surface area contributed by atoms with Crippen molar-refractivity contribution in [2.24, 2.45) is 0 Å². The Morgan fingerprint density at radius 3 is 2.76 bits per heavy atom. The molecular weight excluding hydrogens is 237 g/mol. The van der Waals surface area contributed by atoms with Gasteiger partial charge in [-0.2, -0.15) is 23.3 Å². The van der Waals surface area contributed by atoms with Crippen LogP contribution in [0.15, 0.2) is 10.6 Å². The molecule has 0 saturated carbocycles. The minimum atomic E-state index is -4.22. The van der Waals surface area contributed by atoms with Crippen LogP contribution >= 0.6 is 0 Å². The highest BCUT2D eigenvalue weighted by molar-refractivity contribution is 5.46. The Morgan fingerprint density at radius 1 is 1.41 bits per heavy atom. The van der Waals surface area contributed by atoms with Crippen LogP contribution in [-0.4, -0.2) is 26.5 Å². The normalized spacial score (nSPS) is 12.0. The van der Waals surface area contributed by atoms with Crippen molar-refractivity contribution in [3.05, 3.63) is 17.6 Å². The highest BCUT2D eigenvalue weighted by Crippen LogP contribution is 2.22. The first-order chi connectivity index (χ1) is 7.94. The van der Waals surface area contributed by atoms with Crippen LogP contribution in [0.3, 0.4) is 0 Å². The van der Waals surface area contributed by atoms with Crippen LogP contribution in [0.4, 0.5) is 13.2 Å². The average Bonchev–Trinajstić information content (AvgIpc) is 2.81. The van der Waals surface area contributed by atoms with Crippen molar-refractivity contribution >= 4 is 0 Å². The van der Waals surface area contributed by atoms with E-state index in [0.717, 1.165) is 5.69 Å². The molecule has 0 saturated heterocycles. The van der Waals surface area contributed by atoms with Gasteiger partial charge in [-0.1, -0.05) is 5.16 Å². The van der Waals surface area contributed by atoms with Crippen LogP contribution in [0.2, 0.25) is 0 Å². The summed E-state index contributed by atoms with van der Waals surface area (Å²) >= 11 is 0. The molecule has 0 aliphatic heterocycles. The lowest BCUT2D eigenvalue weighted by atomic mass is 10.3. The molecule has 8 heteroatoms. The Bertz CT molecular complexity index is 502. The van der Waals surface area contributed by atoms with Crippen molar-refractivity contribution in [3.63, 3.8) is 0 Å². The van der Waals surface area contributed by atoms with Crippen molar-refractivity contribution in [2.75, 3.05) is 0 Å². The Kier molecular flexibility index (Phi) is 2.86. The zero-order chi connectivity index (χ0) is 12.5. The fourth-order valence-corrected chi connectivity index (χ4v) is 1.24. The van der Waals surface area contributed by atoms with Gasteiger partial charge in [0.15, 0.2) is 11.5 Å². The quantitative estimate of drug-likeness (QED) is 0.901. The summed E-state index contributed by atoms with van der Waals surface area (Å²) in [6.07, 6.45) is -5.48. The number of aromatic nitrogens is 4. The number of aryl methyl sites for hydroxylation is 2. The first kappa shape index (κ1) is 11.6. The number of hydrogen-bond donors (Lipinski definition) is 1. The monoisotopic (exact) mass is 246 g/mol. The van der Waals surface area contributed by atoms with Gasteiger partial charge in [-0.15, -0.1) is 0 Å². The molecule has 0 aliphatic rings. The van der Waals surface area contributed by atoms with Crippen molar-refractivity contribution in [3.8, 4) is 11.6 Å². The molecule has 92 valence electrons. The molecule has 17 heavy (non-hydrogen) atoms. The van der Waals surface area contributed by atoms with E-state index in [1.807, 2.05) is 0 Å². The van der Waals surface area contributed by atoms with Gasteiger partial charge in [-0.05, 0) is 13.0 Å². The van der Waals surface area contributed by atoms with Gasteiger partial charge < -0.3 is 4.52 Å². The fourth-order valence-electron chi connectivity index (χ4n) is 1.24. The van der Waals surface area contributed by atoms with Gasteiger partial charge in [0.2, 0.25) is 0 Å². The van der Waals surface area contributed by atoms with E-state index >= 15 is 0 Å². The second-order valence-corrected chi connectivity index (χ2v) is 3.57. The van der Waals surface area contributed by atoms with Gasteiger partial charge in [-0.25, -0.2) is 0 Å². The molecule has 0 unspecified atom stereocenters. The van der Waals surface area contributed by atoms with Gasteiger partial charge in [-0.3, -0.25) is 5.10 Å². The number of nitrogens with zero attached hydrogens (tertiary/aromatic N) is 3. The van der Waals surface area contributed by atoms with Crippen LogP contribution in [-0.2, 0) is 6.42 Å². The number of aromatic amines is 1. The highest BCUT2D eigenvalue weighted by atomic mass is 19.4. The average molecular weight is 246 g/mol. The predicted molar refractivity (Wildman–Crippen MR) is 51.0 cm³/mol. The summed E-state index contributed by atoms with van der Waals surface area (Å²) in [6.45, 7) is 1.79. The lowest BCUT2D eigenvalue weighted by molar-refractivity contribution is -0.134. The first-order valence-electron chi connectivity index (χ1n) is 4.86. The Balaban J connectivity index is 2.06. The van der Waals surface area contributed by atoms with E-state index in [1.165, 1.54) is 0 Å². The molecule has 0 amide bonds. The van der Waals surface area contributed by atoms with Gasteiger partial charge in [0.1, 0.15) is 0 Å². The molecule has 0 fully saturated rings. The Hall–Kier alpha value is -1.86. The molecule has 0 atom stereocenters. The summed E-state index contributed by atoms with van der Waals surface area (Å²) < 4.78 is 40.7. The lowest BCUT2D eigenvalue weighted by Gasteiger charge is -2.01. The van der Waals surface area contributed by atoms with E-state index in [1.54, 1.807) is 13.0 Å². The molecule has 0 spiro atoms. The van der Waals surface area contributed by atoms with E-state index in [4.69, 9.17) is 4.52 Å². The zero-order valence-electron chi connectivity index (χ0n) is 8.88. The Morgan fingerprint density at radius 2 is 2.18 bits per heavy atom. The highest BCUT2D eigenvalue weighted by Gasteiger charge is 2.27. The van der Waals surface area contributed by atoms with Crippen LogP contribution in [0, 0.1) is 6.92 Å². The first-order valence-corrected chi connectivity index (χ1v) is 4.86. The third-order valence-corrected chi connectivity index (χ3v) is 2.03. The van der Waals surface area contributed by atoms with Crippen LogP contribution in [0.25, 0.3) is 11.6 Å². The summed E-state index contributed by atoms with van der Waals surface area (Å²) in [6, 6.07) is 1.67. The van der Waals surface area contributed by atoms with E-state index in [9.17, 15) is 13.2 Å². The maximum atomic E-state index is 12.0. The smallest absolute Gasteiger partial charge is 0.332 e. The molecule has 0 aliphatic carbocycles. The summed E-state index contributed by atoms with van der Waals surface area (Å²) in [5.41, 5.74) is 1.23. The number of alkyl halides is 3. The van der Waals surface area contributed by atoms with Gasteiger partial charge >= 0.3 is 6.18 Å². The third kappa shape index (κ3) is 3.05. The SMILES string of the molecule is Cc1cc(-c2nc(CCC(F)(F)F)no2)n[nH]1. The molecule has 2 rings (SSSR count). The summed E-state index contributed by atoms with van der Waals surface area (Å²) in [5, 5.41) is 10.0. The van der Waals surface area contributed by atoms with Gasteiger partial charge in [0, 0.05) is 12.1 Å². The van der Waals surface area contributed by atoms with E-state index in [0.29, 0.717) is 5.69 Å². The number of halogens is 3. The molecule has 2 aromatic heterocycles. The molecule has 5 nitrogen and oxygen atoms in total. The van der Waals surface area contributed by atoms with Gasteiger partial charge in [0.05, 0.1) is 6.42 Å². The van der Waals surface area contributed by atoms with E-state index in [-0.39, 0.29) is 18.1 Å². The second kappa shape index (κ2) is 4.19. The summed E-state index contributed by atoms with van der Waals surface area (Å²) in [4.78, 5) is 3.84. The van der Waals surface area contributed by atoms with Crippen molar-refractivity contribution < 1.29 is 17.7 Å². The number of nitrogens with one attached hydrogen (secondary N) is 1. The summed E-state index contributed by atoms with van der Waals surface area (Å²) in [7, 11) is 0.